The molecule has 7 heteroatoms. The number of hydrogen-bond acceptors (Lipinski definition) is 5. The van der Waals surface area contributed by atoms with Gasteiger partial charge in [0.2, 0.25) is 0 Å². The first-order chi connectivity index (χ1) is 13.2. The summed E-state index contributed by atoms with van der Waals surface area (Å²) < 4.78 is 11.4. The van der Waals surface area contributed by atoms with Crippen molar-refractivity contribution >= 4 is 30.5 Å². The Kier molecular flexibility index (Phi) is 9.83. The van der Waals surface area contributed by atoms with Crippen LogP contribution in [0, 0.1) is 17.8 Å². The first-order valence-corrected chi connectivity index (χ1v) is 10.6. The molecule has 3 fully saturated rings. The van der Waals surface area contributed by atoms with Crippen LogP contribution in [0.3, 0.4) is 0 Å². The van der Waals surface area contributed by atoms with Gasteiger partial charge >= 0.3 is 0 Å². The number of methoxy groups -OCH3 is 1. The lowest BCUT2D eigenvalue weighted by Crippen LogP contribution is -2.49. The van der Waals surface area contributed by atoms with E-state index < -0.39 is 0 Å². The van der Waals surface area contributed by atoms with Gasteiger partial charge < -0.3 is 19.5 Å². The molecule has 3 aliphatic rings. The molecule has 0 aromatic heterocycles. The molecule has 2 aliphatic carbocycles. The maximum atomic E-state index is 10.4. The average molecular weight is 447 g/mol. The van der Waals surface area contributed by atoms with E-state index in [1.54, 1.807) is 7.11 Å². The number of halogens is 2. The van der Waals surface area contributed by atoms with Crippen LogP contribution in [0.15, 0.2) is 24.3 Å². The minimum absolute atomic E-state index is 0. The molecule has 4 rings (SSSR count). The largest absolute Gasteiger partial charge is 0.495 e. The minimum atomic E-state index is -0.388. The predicted molar refractivity (Wildman–Crippen MR) is 122 cm³/mol. The summed E-state index contributed by atoms with van der Waals surface area (Å²) in [5, 5.41) is 10.4. The van der Waals surface area contributed by atoms with Crippen molar-refractivity contribution < 1.29 is 14.6 Å². The summed E-state index contributed by atoms with van der Waals surface area (Å²) in [6.07, 6.45) is 5.22. The highest BCUT2D eigenvalue weighted by Gasteiger charge is 2.39. The summed E-state index contributed by atoms with van der Waals surface area (Å²) in [6.45, 7) is 5.86. The number of rotatable bonds is 8. The van der Waals surface area contributed by atoms with Crippen molar-refractivity contribution in [3.05, 3.63) is 24.3 Å². The topological polar surface area (TPSA) is 45.2 Å². The number of piperazine rings is 1. The Morgan fingerprint density at radius 2 is 1.83 bits per heavy atom. The molecule has 4 unspecified atom stereocenters. The van der Waals surface area contributed by atoms with Gasteiger partial charge in [-0.1, -0.05) is 18.6 Å². The highest BCUT2D eigenvalue weighted by Crippen LogP contribution is 2.48. The lowest BCUT2D eigenvalue weighted by atomic mass is 9.90. The molecule has 2 saturated carbocycles. The Balaban J connectivity index is 0.00000150. The molecule has 1 aromatic carbocycles. The fourth-order valence-corrected chi connectivity index (χ4v) is 5.35. The molecule has 0 spiro atoms. The monoisotopic (exact) mass is 446 g/mol. The first kappa shape index (κ1) is 24.5. The lowest BCUT2D eigenvalue weighted by Gasteiger charge is -2.37. The Morgan fingerprint density at radius 3 is 2.48 bits per heavy atom. The van der Waals surface area contributed by atoms with Crippen LogP contribution in [0.4, 0.5) is 5.69 Å². The van der Waals surface area contributed by atoms with Gasteiger partial charge in [0.1, 0.15) is 5.75 Å². The molecule has 166 valence electrons. The van der Waals surface area contributed by atoms with Crippen molar-refractivity contribution in [1.82, 2.24) is 4.90 Å². The van der Waals surface area contributed by atoms with E-state index in [1.165, 1.54) is 25.7 Å². The van der Waals surface area contributed by atoms with E-state index in [-0.39, 0.29) is 30.9 Å². The maximum Gasteiger partial charge on any atom is 0.142 e. The number of para-hydroxylation sites is 2. The van der Waals surface area contributed by atoms with Crippen LogP contribution in [0.25, 0.3) is 0 Å². The van der Waals surface area contributed by atoms with Gasteiger partial charge in [-0.2, -0.15) is 0 Å². The Bertz CT molecular complexity index is 613. The van der Waals surface area contributed by atoms with Crippen LogP contribution in [-0.2, 0) is 4.74 Å². The SMILES string of the molecule is COc1ccccc1N1CCN(CC(O)COCC2CC3CCC2C3)CC1.Cl.Cl. The van der Waals surface area contributed by atoms with Crippen molar-refractivity contribution in [2.75, 3.05) is 57.9 Å². The Hall–Kier alpha value is -0.720. The number of benzene rings is 1. The van der Waals surface area contributed by atoms with Crippen LogP contribution >= 0.6 is 24.8 Å². The van der Waals surface area contributed by atoms with Gasteiger partial charge in [-0.05, 0) is 49.1 Å². The summed E-state index contributed by atoms with van der Waals surface area (Å²) in [5.41, 5.74) is 1.16. The van der Waals surface area contributed by atoms with Crippen molar-refractivity contribution in [1.29, 1.82) is 0 Å². The van der Waals surface area contributed by atoms with Gasteiger partial charge in [0.15, 0.2) is 0 Å². The van der Waals surface area contributed by atoms with Crippen molar-refractivity contribution in [2.24, 2.45) is 17.8 Å². The number of ether oxygens (including phenoxy) is 2. The summed E-state index contributed by atoms with van der Waals surface area (Å²) in [7, 11) is 1.72. The summed E-state index contributed by atoms with van der Waals surface area (Å²) >= 11 is 0. The standard InChI is InChI=1S/C22H34N2O3.2ClH/c1-26-22-5-3-2-4-21(22)24-10-8-23(9-11-24)14-20(25)16-27-15-19-13-17-6-7-18(19)12-17;;/h2-5,17-20,25H,6-16H2,1H3;2*1H. The zero-order valence-electron chi connectivity index (χ0n) is 17.4. The predicted octanol–water partition coefficient (Wildman–Crippen LogP) is 3.47. The second-order valence-corrected chi connectivity index (χ2v) is 8.59. The zero-order chi connectivity index (χ0) is 18.6. The van der Waals surface area contributed by atoms with E-state index >= 15 is 0 Å². The van der Waals surface area contributed by atoms with Gasteiger partial charge in [-0.15, -0.1) is 24.8 Å². The number of aliphatic hydroxyl groups excluding tert-OH is 1. The lowest BCUT2D eigenvalue weighted by molar-refractivity contribution is -0.00274. The highest BCUT2D eigenvalue weighted by molar-refractivity contribution is 5.85. The molecule has 2 bridgehead atoms. The molecule has 4 atom stereocenters. The van der Waals surface area contributed by atoms with Crippen LogP contribution in [0.2, 0.25) is 0 Å². The van der Waals surface area contributed by atoms with Crippen molar-refractivity contribution in [2.45, 2.75) is 31.8 Å². The average Bonchev–Trinajstić information content (AvgIpc) is 3.32. The molecule has 5 nitrogen and oxygen atoms in total. The number of aliphatic hydroxyl groups is 1. The minimum Gasteiger partial charge on any atom is -0.495 e. The highest BCUT2D eigenvalue weighted by atomic mass is 35.5. The summed E-state index contributed by atoms with van der Waals surface area (Å²) in [5.74, 6) is 3.55. The third-order valence-corrected chi connectivity index (χ3v) is 6.79. The molecule has 0 amide bonds. The van der Waals surface area contributed by atoms with E-state index in [0.717, 1.165) is 62.0 Å². The molecule has 29 heavy (non-hydrogen) atoms. The smallest absolute Gasteiger partial charge is 0.142 e. The van der Waals surface area contributed by atoms with Gasteiger partial charge in [0, 0.05) is 39.3 Å². The second kappa shape index (κ2) is 11.6. The van der Waals surface area contributed by atoms with E-state index in [0.29, 0.717) is 13.2 Å². The van der Waals surface area contributed by atoms with Crippen LogP contribution < -0.4 is 9.64 Å². The molecule has 1 N–H and O–H groups in total. The number of hydrogen-bond donors (Lipinski definition) is 1. The summed E-state index contributed by atoms with van der Waals surface area (Å²) in [6, 6.07) is 8.19. The van der Waals surface area contributed by atoms with Crippen LogP contribution in [-0.4, -0.2) is 69.2 Å². The maximum absolute atomic E-state index is 10.4. The molecule has 0 radical (unpaired) electrons. The van der Waals surface area contributed by atoms with Gasteiger partial charge in [0.25, 0.3) is 0 Å². The van der Waals surface area contributed by atoms with Crippen LogP contribution in [0.1, 0.15) is 25.7 Å². The third-order valence-electron chi connectivity index (χ3n) is 6.79. The van der Waals surface area contributed by atoms with Gasteiger partial charge in [-0.25, -0.2) is 0 Å². The third kappa shape index (κ3) is 6.14. The number of fused-ring (bicyclic) bond motifs is 2. The molecular formula is C22H36Cl2N2O3. The normalized spacial score (nSPS) is 27.2. The van der Waals surface area contributed by atoms with E-state index in [9.17, 15) is 5.11 Å². The summed E-state index contributed by atoms with van der Waals surface area (Å²) in [4.78, 5) is 4.71. The van der Waals surface area contributed by atoms with Gasteiger partial charge in [-0.3, -0.25) is 4.90 Å². The molecular weight excluding hydrogens is 411 g/mol. The van der Waals surface area contributed by atoms with Crippen LogP contribution in [0.5, 0.6) is 5.75 Å². The fraction of sp³-hybridized carbons (Fsp3) is 0.727. The number of anilines is 1. The van der Waals surface area contributed by atoms with Gasteiger partial charge in [0.05, 0.1) is 25.5 Å². The fourth-order valence-electron chi connectivity index (χ4n) is 5.35. The van der Waals surface area contributed by atoms with E-state index in [2.05, 4.69) is 21.9 Å². The quantitative estimate of drug-likeness (QED) is 0.661. The van der Waals surface area contributed by atoms with E-state index in [1.807, 2.05) is 12.1 Å². The second-order valence-electron chi connectivity index (χ2n) is 8.59. The van der Waals surface area contributed by atoms with Crippen molar-refractivity contribution in [3.8, 4) is 5.75 Å². The number of nitrogens with zero attached hydrogens (tertiary/aromatic N) is 2. The zero-order valence-corrected chi connectivity index (χ0v) is 19.0. The molecule has 1 saturated heterocycles. The van der Waals surface area contributed by atoms with Crippen molar-refractivity contribution in [3.63, 3.8) is 0 Å². The van der Waals surface area contributed by atoms with E-state index in [4.69, 9.17) is 9.47 Å². The Morgan fingerprint density at radius 1 is 1.07 bits per heavy atom. The molecule has 1 aliphatic heterocycles. The Labute approximate surface area is 187 Å². The number of β-amino-alcohol motifs (C(OH)–C–C–N with tert-alkyl or cyclic N) is 1. The molecule has 1 aromatic rings. The first-order valence-electron chi connectivity index (χ1n) is 10.6. The molecule has 1 heterocycles.